The molecule has 0 unspecified atom stereocenters. The molecular weight excluding hydrogens is 450 g/mol. The predicted octanol–water partition coefficient (Wildman–Crippen LogP) is 4.66. The number of rotatable bonds is 6. The maximum atomic E-state index is 13.5. The second-order valence-electron chi connectivity index (χ2n) is 6.86. The van der Waals surface area contributed by atoms with Crippen molar-refractivity contribution in [3.8, 4) is 0 Å². The van der Waals surface area contributed by atoms with Gasteiger partial charge in [-0.3, -0.25) is 14.7 Å². The number of fused-ring (bicyclic) bond motifs is 1. The third-order valence-electron chi connectivity index (χ3n) is 4.64. The third-order valence-corrected chi connectivity index (χ3v) is 7.56. The van der Waals surface area contributed by atoms with Crippen LogP contribution in [-0.2, 0) is 16.4 Å². The van der Waals surface area contributed by atoms with E-state index < -0.39 is 9.84 Å². The second-order valence-corrected chi connectivity index (χ2v) is 10.7. The van der Waals surface area contributed by atoms with Gasteiger partial charge >= 0.3 is 0 Å². The van der Waals surface area contributed by atoms with Crippen molar-refractivity contribution in [1.29, 1.82) is 0 Å². The number of para-hydroxylation sites is 1. The van der Waals surface area contributed by atoms with E-state index in [1.807, 2.05) is 36.6 Å². The van der Waals surface area contributed by atoms with Gasteiger partial charge in [0.1, 0.15) is 0 Å². The molecule has 0 bridgehead atoms. The number of hydrogen-bond donors (Lipinski definition) is 0. The highest BCUT2D eigenvalue weighted by Crippen LogP contribution is 2.35. The van der Waals surface area contributed by atoms with Crippen molar-refractivity contribution in [2.75, 3.05) is 17.4 Å². The Labute approximate surface area is 188 Å². The van der Waals surface area contributed by atoms with Crippen molar-refractivity contribution >= 4 is 54.2 Å². The molecule has 2 aromatic heterocycles. The van der Waals surface area contributed by atoms with Crippen LogP contribution < -0.4 is 4.90 Å². The van der Waals surface area contributed by atoms with Crippen LogP contribution in [0.3, 0.4) is 0 Å². The van der Waals surface area contributed by atoms with E-state index in [4.69, 9.17) is 4.98 Å². The minimum atomic E-state index is -3.43. The van der Waals surface area contributed by atoms with Gasteiger partial charge in [-0.15, -0.1) is 11.8 Å². The van der Waals surface area contributed by atoms with E-state index >= 15 is 0 Å². The molecule has 158 valence electrons. The quantitative estimate of drug-likeness (QED) is 0.382. The first kappa shape index (κ1) is 21.5. The number of benzene rings is 2. The number of aromatic nitrogens is 2. The summed E-state index contributed by atoms with van der Waals surface area (Å²) in [7, 11) is -3.43. The van der Waals surface area contributed by atoms with Crippen molar-refractivity contribution in [3.63, 3.8) is 0 Å². The van der Waals surface area contributed by atoms with Gasteiger partial charge in [-0.25, -0.2) is 13.4 Å². The normalized spacial score (nSPS) is 11.5. The van der Waals surface area contributed by atoms with Crippen LogP contribution in [0, 0.1) is 0 Å². The highest BCUT2D eigenvalue weighted by atomic mass is 32.2. The SMILES string of the molecule is CSc1cccc2sc(N(Cc3cccnc3)C(=O)c3cccc(S(C)(=O)=O)c3)nc12. The fourth-order valence-corrected chi connectivity index (χ4v) is 5.39. The molecule has 0 atom stereocenters. The number of amides is 1. The lowest BCUT2D eigenvalue weighted by atomic mass is 10.2. The second kappa shape index (κ2) is 8.78. The molecule has 0 aliphatic carbocycles. The zero-order chi connectivity index (χ0) is 22.0. The van der Waals surface area contributed by atoms with Crippen molar-refractivity contribution < 1.29 is 13.2 Å². The summed E-state index contributed by atoms with van der Waals surface area (Å²) in [4.78, 5) is 25.2. The molecule has 2 aromatic carbocycles. The minimum absolute atomic E-state index is 0.105. The Balaban J connectivity index is 1.81. The summed E-state index contributed by atoms with van der Waals surface area (Å²) >= 11 is 3.03. The Morgan fingerprint density at radius 1 is 1.13 bits per heavy atom. The summed E-state index contributed by atoms with van der Waals surface area (Å²) in [6.07, 6.45) is 6.49. The van der Waals surface area contributed by atoms with Gasteiger partial charge in [0, 0.05) is 29.1 Å². The molecule has 0 N–H and O–H groups in total. The van der Waals surface area contributed by atoms with Crippen LogP contribution in [0.1, 0.15) is 15.9 Å². The molecule has 0 aliphatic heterocycles. The fourth-order valence-electron chi connectivity index (χ4n) is 3.11. The van der Waals surface area contributed by atoms with E-state index in [0.29, 0.717) is 5.13 Å². The Hall–Kier alpha value is -2.75. The van der Waals surface area contributed by atoms with Gasteiger partial charge in [0.15, 0.2) is 15.0 Å². The molecule has 31 heavy (non-hydrogen) atoms. The maximum absolute atomic E-state index is 13.5. The number of thiazole rings is 1. The molecule has 1 amide bonds. The van der Waals surface area contributed by atoms with Gasteiger partial charge in [0.25, 0.3) is 5.91 Å². The average Bonchev–Trinajstić information content (AvgIpc) is 3.21. The van der Waals surface area contributed by atoms with Gasteiger partial charge in [-0.1, -0.05) is 29.5 Å². The van der Waals surface area contributed by atoms with Crippen molar-refractivity contribution in [2.24, 2.45) is 0 Å². The summed E-state index contributed by atoms with van der Waals surface area (Å²) in [5, 5.41) is 0.551. The van der Waals surface area contributed by atoms with E-state index in [1.54, 1.807) is 41.2 Å². The van der Waals surface area contributed by atoms with Gasteiger partial charge in [-0.2, -0.15) is 0 Å². The van der Waals surface area contributed by atoms with Gasteiger partial charge in [0.05, 0.1) is 21.7 Å². The van der Waals surface area contributed by atoms with Gasteiger partial charge in [-0.05, 0) is 48.2 Å². The number of nitrogens with zero attached hydrogens (tertiary/aromatic N) is 3. The molecule has 4 aromatic rings. The van der Waals surface area contributed by atoms with Crippen LogP contribution in [0.25, 0.3) is 10.2 Å². The van der Waals surface area contributed by atoms with E-state index in [-0.39, 0.29) is 22.9 Å². The summed E-state index contributed by atoms with van der Waals surface area (Å²) < 4.78 is 24.9. The summed E-state index contributed by atoms with van der Waals surface area (Å²) in [5.41, 5.74) is 1.99. The number of pyridine rings is 1. The molecule has 9 heteroatoms. The molecular formula is C22H19N3O3S3. The van der Waals surface area contributed by atoms with Crippen LogP contribution in [0.5, 0.6) is 0 Å². The van der Waals surface area contributed by atoms with Crippen LogP contribution >= 0.6 is 23.1 Å². The maximum Gasteiger partial charge on any atom is 0.260 e. The molecule has 0 fully saturated rings. The monoisotopic (exact) mass is 469 g/mol. The standard InChI is InChI=1S/C22H19N3O3S3/c1-29-18-9-4-10-19-20(18)24-22(30-19)25(14-15-6-5-11-23-13-15)21(26)16-7-3-8-17(12-16)31(2,27)28/h3-13H,14H2,1-2H3. The molecule has 4 rings (SSSR count). The third kappa shape index (κ3) is 4.63. The summed E-state index contributed by atoms with van der Waals surface area (Å²) in [6, 6.07) is 15.7. The average molecular weight is 470 g/mol. The van der Waals surface area contributed by atoms with E-state index in [0.717, 1.165) is 26.9 Å². The Morgan fingerprint density at radius 3 is 2.65 bits per heavy atom. The molecule has 0 spiro atoms. The molecule has 0 aliphatic rings. The smallest absolute Gasteiger partial charge is 0.260 e. The largest absolute Gasteiger partial charge is 0.279 e. The number of carbonyl (C=O) groups excluding carboxylic acids is 1. The highest BCUT2D eigenvalue weighted by molar-refractivity contribution is 7.98. The summed E-state index contributed by atoms with van der Waals surface area (Å²) in [6.45, 7) is 0.268. The van der Waals surface area contributed by atoms with E-state index in [2.05, 4.69) is 4.98 Å². The molecule has 0 saturated carbocycles. The van der Waals surface area contributed by atoms with Crippen LogP contribution in [0.15, 0.2) is 76.8 Å². The van der Waals surface area contributed by atoms with Crippen LogP contribution in [0.2, 0.25) is 0 Å². The fraction of sp³-hybridized carbons (Fsp3) is 0.136. The van der Waals surface area contributed by atoms with Gasteiger partial charge in [0.2, 0.25) is 0 Å². The number of carbonyl (C=O) groups is 1. The molecule has 0 saturated heterocycles. The van der Waals surface area contributed by atoms with E-state index in [9.17, 15) is 13.2 Å². The zero-order valence-corrected chi connectivity index (χ0v) is 19.3. The van der Waals surface area contributed by atoms with Gasteiger partial charge < -0.3 is 0 Å². The molecule has 2 heterocycles. The Bertz CT molecular complexity index is 1350. The number of anilines is 1. The highest BCUT2D eigenvalue weighted by Gasteiger charge is 2.23. The summed E-state index contributed by atoms with van der Waals surface area (Å²) in [5.74, 6) is -0.320. The van der Waals surface area contributed by atoms with Crippen LogP contribution in [-0.4, -0.2) is 36.8 Å². The number of hydrogen-bond acceptors (Lipinski definition) is 7. The minimum Gasteiger partial charge on any atom is -0.279 e. The topological polar surface area (TPSA) is 80.2 Å². The van der Waals surface area contributed by atoms with Crippen molar-refractivity contribution in [3.05, 3.63) is 78.1 Å². The first-order chi connectivity index (χ1) is 14.9. The van der Waals surface area contributed by atoms with Crippen molar-refractivity contribution in [2.45, 2.75) is 16.3 Å². The number of sulfone groups is 1. The van der Waals surface area contributed by atoms with E-state index in [1.165, 1.54) is 23.5 Å². The lowest BCUT2D eigenvalue weighted by molar-refractivity contribution is 0.0985. The zero-order valence-electron chi connectivity index (χ0n) is 16.8. The lowest BCUT2D eigenvalue weighted by Gasteiger charge is -2.20. The van der Waals surface area contributed by atoms with Crippen LogP contribution in [0.4, 0.5) is 5.13 Å². The Kier molecular flexibility index (Phi) is 6.08. The molecule has 6 nitrogen and oxygen atoms in total. The predicted molar refractivity (Wildman–Crippen MR) is 126 cm³/mol. The Morgan fingerprint density at radius 2 is 1.94 bits per heavy atom. The first-order valence-electron chi connectivity index (χ1n) is 9.31. The lowest BCUT2D eigenvalue weighted by Crippen LogP contribution is -2.30. The molecule has 0 radical (unpaired) electrons. The number of thioether (sulfide) groups is 1. The first-order valence-corrected chi connectivity index (χ1v) is 13.2. The van der Waals surface area contributed by atoms with Crippen molar-refractivity contribution in [1.82, 2.24) is 9.97 Å².